The first-order chi connectivity index (χ1) is 13.7. The van der Waals surface area contributed by atoms with Crippen molar-refractivity contribution in [1.29, 1.82) is 0 Å². The Labute approximate surface area is 164 Å². The molecule has 8 heteroatoms. The van der Waals surface area contributed by atoms with Crippen molar-refractivity contribution >= 4 is 12.1 Å². The zero-order chi connectivity index (χ0) is 19.3. The van der Waals surface area contributed by atoms with Crippen molar-refractivity contribution < 1.29 is 14.3 Å². The summed E-state index contributed by atoms with van der Waals surface area (Å²) in [5, 5.41) is 7.82. The summed E-state index contributed by atoms with van der Waals surface area (Å²) in [6, 6.07) is 9.47. The molecule has 8 nitrogen and oxygen atoms in total. The number of fused-ring (bicyclic) bond motifs is 1. The van der Waals surface area contributed by atoms with E-state index in [0.717, 1.165) is 42.8 Å². The Hall–Kier alpha value is -2.87. The van der Waals surface area contributed by atoms with Gasteiger partial charge in [0.05, 0.1) is 5.69 Å². The molecule has 0 spiro atoms. The van der Waals surface area contributed by atoms with Gasteiger partial charge in [0.15, 0.2) is 0 Å². The molecule has 1 saturated heterocycles. The molecule has 0 saturated carbocycles. The second-order valence-corrected chi connectivity index (χ2v) is 7.12. The Bertz CT molecular complexity index is 804. The third-order valence-corrected chi connectivity index (χ3v) is 5.17. The highest BCUT2D eigenvalue weighted by molar-refractivity contribution is 5.76. The minimum absolute atomic E-state index is 0.134. The third-order valence-electron chi connectivity index (χ3n) is 5.17. The maximum atomic E-state index is 12.8. The van der Waals surface area contributed by atoms with Crippen molar-refractivity contribution in [2.24, 2.45) is 0 Å². The summed E-state index contributed by atoms with van der Waals surface area (Å²) in [7, 11) is 0. The van der Waals surface area contributed by atoms with Crippen molar-refractivity contribution in [2.45, 2.75) is 26.0 Å². The van der Waals surface area contributed by atoms with E-state index in [-0.39, 0.29) is 18.7 Å². The SMILES string of the molecule is O=C(OCc1ccccc1)N1CCN(C(=O)n2cc3c(n2)CCCNC3)CC1. The molecule has 2 amide bonds. The fourth-order valence-electron chi connectivity index (χ4n) is 3.54. The van der Waals surface area contributed by atoms with Crippen LogP contribution in [-0.4, -0.2) is 64.4 Å². The number of hydrogen-bond acceptors (Lipinski definition) is 5. The van der Waals surface area contributed by atoms with Gasteiger partial charge in [-0.2, -0.15) is 9.78 Å². The minimum Gasteiger partial charge on any atom is -0.445 e. The average Bonchev–Trinajstić information content (AvgIpc) is 3.02. The molecule has 1 aromatic heterocycles. The fraction of sp³-hybridized carbons (Fsp3) is 0.450. The maximum Gasteiger partial charge on any atom is 0.410 e. The van der Waals surface area contributed by atoms with Crippen molar-refractivity contribution in [3.8, 4) is 0 Å². The number of carbonyl (C=O) groups is 2. The van der Waals surface area contributed by atoms with Gasteiger partial charge in [0.2, 0.25) is 0 Å². The number of aryl methyl sites for hydroxylation is 1. The van der Waals surface area contributed by atoms with Gasteiger partial charge in [0.1, 0.15) is 6.61 Å². The van der Waals surface area contributed by atoms with E-state index >= 15 is 0 Å². The smallest absolute Gasteiger partial charge is 0.410 e. The van der Waals surface area contributed by atoms with Crippen LogP contribution in [0.4, 0.5) is 9.59 Å². The topological polar surface area (TPSA) is 79.7 Å². The lowest BCUT2D eigenvalue weighted by molar-refractivity contribution is 0.0767. The van der Waals surface area contributed by atoms with Crippen LogP contribution in [0.15, 0.2) is 36.5 Å². The van der Waals surface area contributed by atoms with Crippen molar-refractivity contribution in [3.63, 3.8) is 0 Å². The zero-order valence-corrected chi connectivity index (χ0v) is 15.8. The summed E-state index contributed by atoms with van der Waals surface area (Å²) in [5.41, 5.74) is 3.05. The van der Waals surface area contributed by atoms with E-state index in [9.17, 15) is 9.59 Å². The van der Waals surface area contributed by atoms with Crippen LogP contribution in [-0.2, 0) is 24.3 Å². The molecule has 2 aliphatic rings. The van der Waals surface area contributed by atoms with E-state index in [1.165, 1.54) is 4.68 Å². The van der Waals surface area contributed by atoms with E-state index in [2.05, 4.69) is 10.4 Å². The van der Waals surface area contributed by atoms with Gasteiger partial charge in [-0.1, -0.05) is 30.3 Å². The van der Waals surface area contributed by atoms with Gasteiger partial charge in [-0.15, -0.1) is 0 Å². The number of benzene rings is 1. The summed E-state index contributed by atoms with van der Waals surface area (Å²) in [6.07, 6.45) is 3.41. The Balaban J connectivity index is 1.29. The van der Waals surface area contributed by atoms with Gasteiger partial charge in [0, 0.05) is 44.5 Å². The minimum atomic E-state index is -0.340. The highest BCUT2D eigenvalue weighted by atomic mass is 16.6. The number of rotatable bonds is 2. The van der Waals surface area contributed by atoms with Gasteiger partial charge in [0.25, 0.3) is 0 Å². The Morgan fingerprint density at radius 3 is 2.61 bits per heavy atom. The Kier molecular flexibility index (Phi) is 5.57. The quantitative estimate of drug-likeness (QED) is 0.856. The van der Waals surface area contributed by atoms with E-state index in [1.807, 2.05) is 36.5 Å². The van der Waals surface area contributed by atoms with E-state index < -0.39 is 0 Å². The van der Waals surface area contributed by atoms with Crippen LogP contribution in [0.2, 0.25) is 0 Å². The maximum absolute atomic E-state index is 12.8. The lowest BCUT2D eigenvalue weighted by Gasteiger charge is -2.33. The first kappa shape index (κ1) is 18.5. The summed E-state index contributed by atoms with van der Waals surface area (Å²) < 4.78 is 6.82. The van der Waals surface area contributed by atoms with Crippen LogP contribution >= 0.6 is 0 Å². The molecule has 4 rings (SSSR count). The molecule has 0 radical (unpaired) electrons. The van der Waals surface area contributed by atoms with E-state index in [0.29, 0.717) is 26.2 Å². The number of nitrogens with one attached hydrogen (secondary N) is 1. The largest absolute Gasteiger partial charge is 0.445 e. The van der Waals surface area contributed by atoms with E-state index in [1.54, 1.807) is 9.80 Å². The monoisotopic (exact) mass is 383 g/mol. The zero-order valence-electron chi connectivity index (χ0n) is 15.8. The number of carbonyl (C=O) groups excluding carboxylic acids is 2. The van der Waals surface area contributed by atoms with Crippen molar-refractivity contribution in [2.75, 3.05) is 32.7 Å². The molecule has 0 bridgehead atoms. The summed E-state index contributed by atoms with van der Waals surface area (Å²) in [4.78, 5) is 28.4. The Morgan fingerprint density at radius 1 is 1.07 bits per heavy atom. The molecular weight excluding hydrogens is 358 g/mol. The number of amides is 2. The van der Waals surface area contributed by atoms with Gasteiger partial charge in [-0.25, -0.2) is 9.59 Å². The summed E-state index contributed by atoms with van der Waals surface area (Å²) in [6.45, 7) is 3.86. The number of nitrogens with zero attached hydrogens (tertiary/aromatic N) is 4. The number of ether oxygens (including phenoxy) is 1. The number of aromatic nitrogens is 2. The lowest BCUT2D eigenvalue weighted by Crippen LogP contribution is -2.51. The van der Waals surface area contributed by atoms with Crippen LogP contribution in [0.5, 0.6) is 0 Å². The molecule has 148 valence electrons. The van der Waals surface area contributed by atoms with Gasteiger partial charge >= 0.3 is 12.1 Å². The van der Waals surface area contributed by atoms with Crippen LogP contribution in [0.1, 0.15) is 23.2 Å². The molecule has 0 aliphatic carbocycles. The molecule has 2 aromatic rings. The van der Waals surface area contributed by atoms with Gasteiger partial charge in [-0.3, -0.25) is 0 Å². The van der Waals surface area contributed by atoms with Crippen molar-refractivity contribution in [3.05, 3.63) is 53.3 Å². The number of hydrogen-bond donors (Lipinski definition) is 1. The molecule has 28 heavy (non-hydrogen) atoms. The molecular formula is C20H25N5O3. The molecule has 1 fully saturated rings. The summed E-state index contributed by atoms with van der Waals surface area (Å²) >= 11 is 0. The normalized spacial score (nSPS) is 17.0. The standard InChI is InChI=1S/C20H25N5O3/c26-19(25-14-17-13-21-8-4-7-18(17)22-25)23-9-11-24(12-10-23)20(27)28-15-16-5-2-1-3-6-16/h1-3,5-6,14,21H,4,7-13,15H2. The second kappa shape index (κ2) is 8.43. The van der Waals surface area contributed by atoms with Crippen molar-refractivity contribution in [1.82, 2.24) is 24.9 Å². The first-order valence-electron chi connectivity index (χ1n) is 9.74. The van der Waals surface area contributed by atoms with Gasteiger partial charge < -0.3 is 19.9 Å². The predicted molar refractivity (Wildman–Crippen MR) is 103 cm³/mol. The lowest BCUT2D eigenvalue weighted by atomic mass is 10.2. The first-order valence-corrected chi connectivity index (χ1v) is 9.74. The molecule has 2 aliphatic heterocycles. The predicted octanol–water partition coefficient (Wildman–Crippen LogP) is 1.84. The van der Waals surface area contributed by atoms with Crippen LogP contribution in [0.3, 0.4) is 0 Å². The van der Waals surface area contributed by atoms with Crippen LogP contribution in [0.25, 0.3) is 0 Å². The average molecular weight is 383 g/mol. The fourth-order valence-corrected chi connectivity index (χ4v) is 3.54. The molecule has 1 N–H and O–H groups in total. The van der Waals surface area contributed by atoms with Crippen LogP contribution in [0, 0.1) is 0 Å². The molecule has 3 heterocycles. The Morgan fingerprint density at radius 2 is 1.82 bits per heavy atom. The second-order valence-electron chi connectivity index (χ2n) is 7.12. The van der Waals surface area contributed by atoms with Gasteiger partial charge in [-0.05, 0) is 24.9 Å². The summed E-state index contributed by atoms with van der Waals surface area (Å²) in [5.74, 6) is 0. The third kappa shape index (κ3) is 4.17. The molecule has 1 aromatic carbocycles. The van der Waals surface area contributed by atoms with E-state index in [4.69, 9.17) is 4.74 Å². The highest BCUT2D eigenvalue weighted by Crippen LogP contribution is 2.14. The highest BCUT2D eigenvalue weighted by Gasteiger charge is 2.27. The molecule has 0 unspecified atom stereocenters. The molecule has 0 atom stereocenters. The van der Waals surface area contributed by atoms with Crippen LogP contribution < -0.4 is 5.32 Å². The number of piperazine rings is 1.